The van der Waals surface area contributed by atoms with Crippen molar-refractivity contribution in [1.29, 1.82) is 0 Å². The Morgan fingerprint density at radius 1 is 1.41 bits per heavy atom. The SMILES string of the molecule is CC1CN(C)CCN1c1ccc(CBr)cc1F. The zero-order valence-electron chi connectivity index (χ0n) is 10.3. The van der Waals surface area contributed by atoms with Crippen LogP contribution in [0.3, 0.4) is 0 Å². The van der Waals surface area contributed by atoms with Crippen LogP contribution in [0.1, 0.15) is 12.5 Å². The Kier molecular flexibility index (Phi) is 4.05. The van der Waals surface area contributed by atoms with Gasteiger partial charge in [-0.25, -0.2) is 4.39 Å². The van der Waals surface area contributed by atoms with Gasteiger partial charge in [0.1, 0.15) is 5.82 Å². The highest BCUT2D eigenvalue weighted by Gasteiger charge is 2.23. The van der Waals surface area contributed by atoms with Gasteiger partial charge < -0.3 is 9.80 Å². The van der Waals surface area contributed by atoms with Crippen LogP contribution in [-0.2, 0) is 5.33 Å². The highest BCUT2D eigenvalue weighted by Crippen LogP contribution is 2.25. The monoisotopic (exact) mass is 300 g/mol. The molecule has 1 aliphatic rings. The van der Waals surface area contributed by atoms with Crippen LogP contribution in [0.25, 0.3) is 0 Å². The quantitative estimate of drug-likeness (QED) is 0.775. The minimum Gasteiger partial charge on any atom is -0.364 e. The van der Waals surface area contributed by atoms with E-state index in [-0.39, 0.29) is 5.82 Å². The molecule has 2 rings (SSSR count). The second-order valence-corrected chi connectivity index (χ2v) is 5.28. The first kappa shape index (κ1) is 12.8. The Morgan fingerprint density at radius 3 is 2.76 bits per heavy atom. The first-order valence-electron chi connectivity index (χ1n) is 5.91. The number of anilines is 1. The minimum atomic E-state index is -0.113. The molecule has 2 nitrogen and oxygen atoms in total. The summed E-state index contributed by atoms with van der Waals surface area (Å²) in [5.41, 5.74) is 1.71. The Hall–Kier alpha value is -0.610. The maximum atomic E-state index is 14.0. The van der Waals surface area contributed by atoms with Gasteiger partial charge in [-0.05, 0) is 31.7 Å². The van der Waals surface area contributed by atoms with Crippen LogP contribution in [0.4, 0.5) is 10.1 Å². The zero-order chi connectivity index (χ0) is 12.4. The smallest absolute Gasteiger partial charge is 0.146 e. The van der Waals surface area contributed by atoms with Gasteiger partial charge in [0.05, 0.1) is 5.69 Å². The molecule has 94 valence electrons. The Bertz CT molecular complexity index is 397. The molecule has 0 N–H and O–H groups in total. The predicted molar refractivity (Wildman–Crippen MR) is 73.3 cm³/mol. The normalized spacial score (nSPS) is 21.9. The molecular weight excluding hydrogens is 283 g/mol. The van der Waals surface area contributed by atoms with Crippen molar-refractivity contribution in [1.82, 2.24) is 4.90 Å². The molecule has 1 atom stereocenters. The molecule has 0 spiro atoms. The molecule has 1 unspecified atom stereocenters. The lowest BCUT2D eigenvalue weighted by molar-refractivity contribution is 0.274. The average Bonchev–Trinajstić information content (AvgIpc) is 2.30. The van der Waals surface area contributed by atoms with Crippen molar-refractivity contribution in [2.24, 2.45) is 0 Å². The molecule has 1 aromatic rings. The van der Waals surface area contributed by atoms with Crippen molar-refractivity contribution in [2.45, 2.75) is 18.3 Å². The second kappa shape index (κ2) is 5.36. The van der Waals surface area contributed by atoms with E-state index in [4.69, 9.17) is 0 Å². The highest BCUT2D eigenvalue weighted by molar-refractivity contribution is 9.08. The first-order chi connectivity index (χ1) is 8.11. The molecule has 0 aliphatic carbocycles. The zero-order valence-corrected chi connectivity index (χ0v) is 11.9. The molecule has 1 aliphatic heterocycles. The fourth-order valence-corrected chi connectivity index (χ4v) is 2.71. The first-order valence-corrected chi connectivity index (χ1v) is 7.03. The van der Waals surface area contributed by atoms with Crippen molar-refractivity contribution in [3.05, 3.63) is 29.6 Å². The van der Waals surface area contributed by atoms with Crippen molar-refractivity contribution in [3.63, 3.8) is 0 Å². The fraction of sp³-hybridized carbons (Fsp3) is 0.538. The number of alkyl halides is 1. The molecule has 0 aromatic heterocycles. The Labute approximate surface area is 111 Å². The molecule has 1 fully saturated rings. The van der Waals surface area contributed by atoms with E-state index in [2.05, 4.69) is 39.7 Å². The third kappa shape index (κ3) is 2.80. The van der Waals surface area contributed by atoms with Crippen LogP contribution in [-0.4, -0.2) is 37.6 Å². The van der Waals surface area contributed by atoms with Crippen molar-refractivity contribution in [3.8, 4) is 0 Å². The Balaban J connectivity index is 2.22. The van der Waals surface area contributed by atoms with E-state index in [1.54, 1.807) is 6.07 Å². The van der Waals surface area contributed by atoms with Crippen molar-refractivity contribution in [2.75, 3.05) is 31.6 Å². The molecule has 0 bridgehead atoms. The van der Waals surface area contributed by atoms with Gasteiger partial charge in [0, 0.05) is 31.0 Å². The maximum absolute atomic E-state index is 14.0. The molecule has 1 saturated heterocycles. The standard InChI is InChI=1S/C13H18BrFN2/c1-10-9-16(2)5-6-17(10)13-4-3-11(8-14)7-12(13)15/h3-4,7,10H,5-6,8-9H2,1-2H3. The molecule has 17 heavy (non-hydrogen) atoms. The van der Waals surface area contributed by atoms with E-state index in [1.165, 1.54) is 0 Å². The summed E-state index contributed by atoms with van der Waals surface area (Å²) in [6.07, 6.45) is 0. The van der Waals surface area contributed by atoms with Crippen molar-refractivity contribution < 1.29 is 4.39 Å². The van der Waals surface area contributed by atoms with E-state index in [0.717, 1.165) is 30.9 Å². The number of rotatable bonds is 2. The van der Waals surface area contributed by atoms with Gasteiger partial charge in [0.2, 0.25) is 0 Å². The number of hydrogen-bond acceptors (Lipinski definition) is 2. The molecule has 4 heteroatoms. The third-order valence-corrected chi connectivity index (χ3v) is 3.95. The summed E-state index contributed by atoms with van der Waals surface area (Å²) in [6, 6.07) is 5.86. The maximum Gasteiger partial charge on any atom is 0.146 e. The average molecular weight is 301 g/mol. The van der Waals surface area contributed by atoms with Gasteiger partial charge in [-0.3, -0.25) is 0 Å². The topological polar surface area (TPSA) is 6.48 Å². The fourth-order valence-electron chi connectivity index (χ4n) is 2.36. The van der Waals surface area contributed by atoms with Crippen LogP contribution < -0.4 is 4.90 Å². The van der Waals surface area contributed by atoms with Gasteiger partial charge >= 0.3 is 0 Å². The van der Waals surface area contributed by atoms with Gasteiger partial charge in [0.25, 0.3) is 0 Å². The van der Waals surface area contributed by atoms with Crippen LogP contribution in [0.15, 0.2) is 18.2 Å². The number of likely N-dealkylation sites (N-methyl/N-ethyl adjacent to an activating group) is 1. The highest BCUT2D eigenvalue weighted by atomic mass is 79.9. The second-order valence-electron chi connectivity index (χ2n) is 4.72. The Morgan fingerprint density at radius 2 is 2.18 bits per heavy atom. The van der Waals surface area contributed by atoms with Crippen LogP contribution >= 0.6 is 15.9 Å². The lowest BCUT2D eigenvalue weighted by atomic mass is 10.1. The number of piperazine rings is 1. The van der Waals surface area contributed by atoms with Crippen molar-refractivity contribution >= 4 is 21.6 Å². The van der Waals surface area contributed by atoms with E-state index in [0.29, 0.717) is 11.4 Å². The predicted octanol–water partition coefficient (Wildman–Crippen LogP) is 2.86. The molecule has 0 saturated carbocycles. The van der Waals surface area contributed by atoms with E-state index < -0.39 is 0 Å². The molecule has 1 heterocycles. The number of benzene rings is 1. The molecular formula is C13H18BrFN2. The number of halogens is 2. The third-order valence-electron chi connectivity index (χ3n) is 3.31. The van der Waals surface area contributed by atoms with Gasteiger partial charge in [-0.15, -0.1) is 0 Å². The summed E-state index contributed by atoms with van der Waals surface area (Å²) >= 11 is 3.35. The number of hydrogen-bond donors (Lipinski definition) is 0. The summed E-state index contributed by atoms with van der Waals surface area (Å²) in [5, 5.41) is 0.697. The lowest BCUT2D eigenvalue weighted by Gasteiger charge is -2.40. The van der Waals surface area contributed by atoms with Gasteiger partial charge in [-0.2, -0.15) is 0 Å². The summed E-state index contributed by atoms with van der Waals surface area (Å²) in [6.45, 7) is 5.01. The van der Waals surface area contributed by atoms with E-state index >= 15 is 0 Å². The summed E-state index contributed by atoms with van der Waals surface area (Å²) in [5.74, 6) is -0.113. The van der Waals surface area contributed by atoms with Crippen LogP contribution in [0.2, 0.25) is 0 Å². The van der Waals surface area contributed by atoms with E-state index in [1.807, 2.05) is 12.1 Å². The van der Waals surface area contributed by atoms with Crippen LogP contribution in [0, 0.1) is 5.82 Å². The van der Waals surface area contributed by atoms with Crippen LogP contribution in [0.5, 0.6) is 0 Å². The largest absolute Gasteiger partial charge is 0.364 e. The molecule has 0 radical (unpaired) electrons. The van der Waals surface area contributed by atoms with Gasteiger partial charge in [-0.1, -0.05) is 22.0 Å². The van der Waals surface area contributed by atoms with Gasteiger partial charge in [0.15, 0.2) is 0 Å². The number of nitrogens with zero attached hydrogens (tertiary/aromatic N) is 2. The summed E-state index contributed by atoms with van der Waals surface area (Å²) in [7, 11) is 2.11. The summed E-state index contributed by atoms with van der Waals surface area (Å²) < 4.78 is 14.0. The summed E-state index contributed by atoms with van der Waals surface area (Å²) in [4.78, 5) is 4.44. The lowest BCUT2D eigenvalue weighted by Crippen LogP contribution is -2.50. The molecule has 0 amide bonds. The minimum absolute atomic E-state index is 0.113. The molecule has 1 aromatic carbocycles. The van der Waals surface area contributed by atoms with E-state index in [9.17, 15) is 4.39 Å².